The molecule has 0 saturated carbocycles. The summed E-state index contributed by atoms with van der Waals surface area (Å²) in [6, 6.07) is 0. The van der Waals surface area contributed by atoms with E-state index in [1.54, 1.807) is 18.1 Å². The van der Waals surface area contributed by atoms with Crippen LogP contribution >= 0.6 is 0 Å². The molecule has 0 aromatic carbocycles. The Hall–Kier alpha value is -1.43. The fourth-order valence-electron chi connectivity index (χ4n) is 1.32. The number of aryl methyl sites for hydroxylation is 1. The number of rotatable bonds is 7. The van der Waals surface area contributed by atoms with Gasteiger partial charge < -0.3 is 10.6 Å². The van der Waals surface area contributed by atoms with Gasteiger partial charge in [-0.15, -0.1) is 0 Å². The first-order chi connectivity index (χ1) is 7.72. The summed E-state index contributed by atoms with van der Waals surface area (Å²) >= 11 is 0. The van der Waals surface area contributed by atoms with E-state index in [2.05, 4.69) is 20.7 Å². The van der Waals surface area contributed by atoms with Gasteiger partial charge >= 0.3 is 0 Å². The fourth-order valence-corrected chi connectivity index (χ4v) is 1.32. The lowest BCUT2D eigenvalue weighted by Crippen LogP contribution is -2.22. The molecule has 2 N–H and O–H groups in total. The van der Waals surface area contributed by atoms with Crippen molar-refractivity contribution in [3.05, 3.63) is 12.2 Å². The van der Waals surface area contributed by atoms with Crippen LogP contribution in [-0.4, -0.2) is 40.8 Å². The van der Waals surface area contributed by atoms with E-state index in [-0.39, 0.29) is 5.91 Å². The first-order valence-electron chi connectivity index (χ1n) is 5.48. The van der Waals surface area contributed by atoms with Gasteiger partial charge in [0, 0.05) is 33.5 Å². The van der Waals surface area contributed by atoms with Crippen LogP contribution in [0.4, 0.5) is 0 Å². The van der Waals surface area contributed by atoms with Gasteiger partial charge in [0.1, 0.15) is 6.33 Å². The van der Waals surface area contributed by atoms with Crippen LogP contribution in [0.15, 0.2) is 6.33 Å². The van der Waals surface area contributed by atoms with E-state index in [9.17, 15) is 4.79 Å². The Kier molecular flexibility index (Phi) is 5.49. The monoisotopic (exact) mass is 225 g/mol. The van der Waals surface area contributed by atoms with E-state index in [0.717, 1.165) is 31.8 Å². The Morgan fingerprint density at radius 3 is 2.94 bits per heavy atom. The SMILES string of the molecule is CNC(=O)CCCNCCc1ncn(C)n1. The molecule has 16 heavy (non-hydrogen) atoms. The Bertz CT molecular complexity index is 323. The molecule has 0 aliphatic carbocycles. The smallest absolute Gasteiger partial charge is 0.219 e. The van der Waals surface area contributed by atoms with Crippen molar-refractivity contribution in [2.75, 3.05) is 20.1 Å². The summed E-state index contributed by atoms with van der Waals surface area (Å²) < 4.78 is 1.70. The maximum absolute atomic E-state index is 10.9. The van der Waals surface area contributed by atoms with Gasteiger partial charge in [-0.2, -0.15) is 5.10 Å². The summed E-state index contributed by atoms with van der Waals surface area (Å²) in [5.41, 5.74) is 0. The van der Waals surface area contributed by atoms with Crippen molar-refractivity contribution in [1.82, 2.24) is 25.4 Å². The molecule has 0 aliphatic heterocycles. The van der Waals surface area contributed by atoms with Crippen LogP contribution in [-0.2, 0) is 18.3 Å². The lowest BCUT2D eigenvalue weighted by Gasteiger charge is -2.02. The van der Waals surface area contributed by atoms with Crippen molar-refractivity contribution in [3.8, 4) is 0 Å². The highest BCUT2D eigenvalue weighted by Gasteiger charge is 1.99. The number of amides is 1. The number of nitrogens with one attached hydrogen (secondary N) is 2. The van der Waals surface area contributed by atoms with E-state index < -0.39 is 0 Å². The molecule has 1 amide bonds. The summed E-state index contributed by atoms with van der Waals surface area (Å²) in [7, 11) is 3.51. The van der Waals surface area contributed by atoms with Gasteiger partial charge in [0.15, 0.2) is 5.82 Å². The Balaban J connectivity index is 1.98. The Labute approximate surface area is 95.4 Å². The molecule has 1 aromatic rings. The van der Waals surface area contributed by atoms with Gasteiger partial charge in [-0.1, -0.05) is 0 Å². The van der Waals surface area contributed by atoms with E-state index in [0.29, 0.717) is 6.42 Å². The molecule has 0 atom stereocenters. The van der Waals surface area contributed by atoms with Crippen LogP contribution in [0.2, 0.25) is 0 Å². The number of hydrogen-bond acceptors (Lipinski definition) is 4. The standard InChI is InChI=1S/C10H19N5O/c1-11-10(16)4-3-6-12-7-5-9-13-8-15(2)14-9/h8,12H,3-7H2,1-2H3,(H,11,16). The summed E-state index contributed by atoms with van der Waals surface area (Å²) in [6.45, 7) is 1.69. The second-order valence-corrected chi connectivity index (χ2v) is 3.61. The van der Waals surface area contributed by atoms with Crippen molar-refractivity contribution in [2.45, 2.75) is 19.3 Å². The molecule has 0 saturated heterocycles. The number of aromatic nitrogens is 3. The van der Waals surface area contributed by atoms with E-state index in [4.69, 9.17) is 0 Å². The molecule has 6 nitrogen and oxygen atoms in total. The highest BCUT2D eigenvalue weighted by molar-refractivity contribution is 5.75. The van der Waals surface area contributed by atoms with E-state index >= 15 is 0 Å². The predicted octanol–water partition coefficient (Wildman–Crippen LogP) is -0.527. The summed E-state index contributed by atoms with van der Waals surface area (Å²) in [6.07, 6.45) is 3.95. The quantitative estimate of drug-likeness (QED) is 0.612. The van der Waals surface area contributed by atoms with Crippen molar-refractivity contribution in [2.24, 2.45) is 7.05 Å². The zero-order chi connectivity index (χ0) is 11.8. The summed E-state index contributed by atoms with van der Waals surface area (Å²) in [4.78, 5) is 15.0. The average Bonchev–Trinajstić information content (AvgIpc) is 2.69. The molecule has 1 rings (SSSR count). The highest BCUT2D eigenvalue weighted by atomic mass is 16.1. The van der Waals surface area contributed by atoms with Crippen LogP contribution in [0.1, 0.15) is 18.7 Å². The van der Waals surface area contributed by atoms with E-state index in [1.165, 1.54) is 0 Å². The number of carbonyl (C=O) groups excluding carboxylic acids is 1. The minimum absolute atomic E-state index is 0.0909. The third-order valence-electron chi connectivity index (χ3n) is 2.21. The minimum Gasteiger partial charge on any atom is -0.359 e. The maximum Gasteiger partial charge on any atom is 0.219 e. The van der Waals surface area contributed by atoms with Crippen molar-refractivity contribution < 1.29 is 4.79 Å². The first kappa shape index (κ1) is 12.6. The lowest BCUT2D eigenvalue weighted by molar-refractivity contribution is -0.120. The first-order valence-corrected chi connectivity index (χ1v) is 5.48. The highest BCUT2D eigenvalue weighted by Crippen LogP contribution is 1.89. The number of nitrogens with zero attached hydrogens (tertiary/aromatic N) is 3. The second kappa shape index (κ2) is 6.95. The molecule has 1 aromatic heterocycles. The normalized spacial score (nSPS) is 10.4. The van der Waals surface area contributed by atoms with Gasteiger partial charge in [-0.05, 0) is 13.0 Å². The molecule has 90 valence electrons. The largest absolute Gasteiger partial charge is 0.359 e. The minimum atomic E-state index is 0.0909. The van der Waals surface area contributed by atoms with Gasteiger partial charge in [0.2, 0.25) is 5.91 Å². The van der Waals surface area contributed by atoms with Gasteiger partial charge in [0.25, 0.3) is 0 Å². The molecule has 0 spiro atoms. The molecule has 1 heterocycles. The van der Waals surface area contributed by atoms with Crippen LogP contribution in [0.3, 0.4) is 0 Å². The number of carbonyl (C=O) groups is 1. The number of hydrogen-bond donors (Lipinski definition) is 2. The molecular weight excluding hydrogens is 206 g/mol. The Morgan fingerprint density at radius 1 is 1.50 bits per heavy atom. The van der Waals surface area contributed by atoms with Crippen molar-refractivity contribution >= 4 is 5.91 Å². The maximum atomic E-state index is 10.9. The summed E-state index contributed by atoms with van der Waals surface area (Å²) in [5, 5.41) is 10.0. The fraction of sp³-hybridized carbons (Fsp3) is 0.700. The third kappa shape index (κ3) is 4.88. The van der Waals surface area contributed by atoms with Crippen LogP contribution in [0.5, 0.6) is 0 Å². The Morgan fingerprint density at radius 2 is 2.31 bits per heavy atom. The van der Waals surface area contributed by atoms with Crippen LogP contribution in [0.25, 0.3) is 0 Å². The summed E-state index contributed by atoms with van der Waals surface area (Å²) in [5.74, 6) is 0.939. The average molecular weight is 225 g/mol. The van der Waals surface area contributed by atoms with E-state index in [1.807, 2.05) is 7.05 Å². The van der Waals surface area contributed by atoms with Crippen molar-refractivity contribution in [3.63, 3.8) is 0 Å². The van der Waals surface area contributed by atoms with Gasteiger partial charge in [0.05, 0.1) is 0 Å². The molecule has 0 bridgehead atoms. The molecular formula is C10H19N5O. The molecule has 6 heteroatoms. The second-order valence-electron chi connectivity index (χ2n) is 3.61. The topological polar surface area (TPSA) is 71.8 Å². The molecule has 0 radical (unpaired) electrons. The van der Waals surface area contributed by atoms with Gasteiger partial charge in [-0.3, -0.25) is 9.48 Å². The third-order valence-corrected chi connectivity index (χ3v) is 2.21. The van der Waals surface area contributed by atoms with Crippen LogP contribution < -0.4 is 10.6 Å². The lowest BCUT2D eigenvalue weighted by atomic mass is 10.3. The van der Waals surface area contributed by atoms with Gasteiger partial charge in [-0.25, -0.2) is 4.98 Å². The zero-order valence-electron chi connectivity index (χ0n) is 9.86. The van der Waals surface area contributed by atoms with Crippen LogP contribution in [0, 0.1) is 0 Å². The molecule has 0 fully saturated rings. The van der Waals surface area contributed by atoms with Crippen molar-refractivity contribution in [1.29, 1.82) is 0 Å². The predicted molar refractivity (Wildman–Crippen MR) is 60.9 cm³/mol. The zero-order valence-corrected chi connectivity index (χ0v) is 9.86. The molecule has 0 aliphatic rings. The molecule has 0 unspecified atom stereocenters.